The fraction of sp³-hybridized carbons (Fsp3) is 0.267. The lowest BCUT2D eigenvalue weighted by molar-refractivity contribution is -0.121. The normalized spacial score (nSPS) is 12.1. The summed E-state index contributed by atoms with van der Waals surface area (Å²) in [7, 11) is 1.58. The minimum Gasteiger partial charge on any atom is -0.467 e. The van der Waals surface area contributed by atoms with Crippen molar-refractivity contribution in [3.05, 3.63) is 59.0 Å². The number of hydrogen-bond acceptors (Lipinski definition) is 3. The van der Waals surface area contributed by atoms with Gasteiger partial charge in [0, 0.05) is 12.1 Å². The van der Waals surface area contributed by atoms with Gasteiger partial charge in [-0.25, -0.2) is 0 Å². The zero-order chi connectivity index (χ0) is 14.4. The summed E-state index contributed by atoms with van der Waals surface area (Å²) in [5.74, 6) is 0.581. The van der Waals surface area contributed by atoms with Crippen LogP contribution in [0.5, 0.6) is 0 Å². The monoisotopic (exact) mass is 293 g/mol. The molecule has 5 heteroatoms. The van der Waals surface area contributed by atoms with Crippen LogP contribution in [0.15, 0.2) is 47.1 Å². The molecule has 0 aliphatic rings. The maximum Gasteiger partial charge on any atom is 0.224 e. The highest BCUT2D eigenvalue weighted by molar-refractivity contribution is 6.31. The first kappa shape index (κ1) is 14.6. The van der Waals surface area contributed by atoms with Crippen LogP contribution in [0.25, 0.3) is 0 Å². The number of methoxy groups -OCH3 is 1. The zero-order valence-electron chi connectivity index (χ0n) is 11.1. The second-order valence-corrected chi connectivity index (χ2v) is 4.72. The maximum absolute atomic E-state index is 11.9. The summed E-state index contributed by atoms with van der Waals surface area (Å²) in [5, 5.41) is 3.41. The van der Waals surface area contributed by atoms with Gasteiger partial charge in [0.1, 0.15) is 11.9 Å². The van der Waals surface area contributed by atoms with Gasteiger partial charge in [-0.15, -0.1) is 0 Å². The van der Waals surface area contributed by atoms with Gasteiger partial charge in [-0.2, -0.15) is 0 Å². The molecule has 0 fully saturated rings. The third-order valence-electron chi connectivity index (χ3n) is 2.94. The summed E-state index contributed by atoms with van der Waals surface area (Å²) in [6, 6.07) is 10.9. The van der Waals surface area contributed by atoms with Crippen LogP contribution in [0.4, 0.5) is 0 Å². The Morgan fingerprint density at radius 1 is 1.35 bits per heavy atom. The summed E-state index contributed by atoms with van der Waals surface area (Å²) < 4.78 is 10.5. The summed E-state index contributed by atoms with van der Waals surface area (Å²) >= 11 is 6.02. The Morgan fingerprint density at radius 3 is 2.80 bits per heavy atom. The molecule has 0 aliphatic carbocycles. The minimum absolute atomic E-state index is 0.105. The van der Waals surface area contributed by atoms with Crippen LogP contribution in [-0.4, -0.2) is 19.6 Å². The number of rotatable bonds is 6. The summed E-state index contributed by atoms with van der Waals surface area (Å²) in [4.78, 5) is 11.9. The smallest absolute Gasteiger partial charge is 0.224 e. The Balaban J connectivity index is 1.87. The second-order valence-electron chi connectivity index (χ2n) is 4.31. The van der Waals surface area contributed by atoms with E-state index in [1.165, 1.54) is 0 Å². The van der Waals surface area contributed by atoms with Crippen molar-refractivity contribution in [3.8, 4) is 0 Å². The molecule has 2 rings (SSSR count). The van der Waals surface area contributed by atoms with E-state index in [9.17, 15) is 4.79 Å². The Labute approximate surface area is 122 Å². The number of carbonyl (C=O) groups excluding carboxylic acids is 1. The lowest BCUT2D eigenvalue weighted by Gasteiger charge is -2.14. The molecular formula is C15H16ClNO3. The lowest BCUT2D eigenvalue weighted by atomic mass is 10.1. The van der Waals surface area contributed by atoms with Crippen molar-refractivity contribution in [1.29, 1.82) is 0 Å². The average Bonchev–Trinajstić information content (AvgIpc) is 2.96. The van der Waals surface area contributed by atoms with E-state index in [-0.39, 0.29) is 18.4 Å². The number of ether oxygens (including phenoxy) is 1. The van der Waals surface area contributed by atoms with Gasteiger partial charge >= 0.3 is 0 Å². The zero-order valence-corrected chi connectivity index (χ0v) is 11.9. The molecule has 1 heterocycles. The lowest BCUT2D eigenvalue weighted by Crippen LogP contribution is -2.30. The van der Waals surface area contributed by atoms with Crippen molar-refractivity contribution in [3.63, 3.8) is 0 Å². The van der Waals surface area contributed by atoms with E-state index in [2.05, 4.69) is 5.32 Å². The van der Waals surface area contributed by atoms with E-state index in [0.717, 1.165) is 5.56 Å². The number of furan rings is 1. The van der Waals surface area contributed by atoms with Crippen LogP contribution in [0.3, 0.4) is 0 Å². The third-order valence-corrected chi connectivity index (χ3v) is 3.31. The van der Waals surface area contributed by atoms with Gasteiger partial charge in [0.15, 0.2) is 0 Å². The van der Waals surface area contributed by atoms with Crippen LogP contribution >= 0.6 is 11.6 Å². The Morgan fingerprint density at radius 2 is 2.15 bits per heavy atom. The summed E-state index contributed by atoms with van der Waals surface area (Å²) in [6.07, 6.45) is 1.53. The number of carbonyl (C=O) groups is 1. The molecule has 0 bridgehead atoms. The first-order valence-corrected chi connectivity index (χ1v) is 6.65. The molecule has 1 aromatic heterocycles. The minimum atomic E-state index is -0.291. The van der Waals surface area contributed by atoms with Crippen molar-refractivity contribution < 1.29 is 13.9 Å². The van der Waals surface area contributed by atoms with E-state index in [4.69, 9.17) is 20.8 Å². The van der Waals surface area contributed by atoms with E-state index in [1.54, 1.807) is 25.5 Å². The molecule has 1 atom stereocenters. The van der Waals surface area contributed by atoms with Gasteiger partial charge in [0.05, 0.1) is 19.2 Å². The molecule has 0 spiro atoms. The summed E-state index contributed by atoms with van der Waals surface area (Å²) in [5.41, 5.74) is 0.804. The number of benzene rings is 1. The van der Waals surface area contributed by atoms with Crippen molar-refractivity contribution in [2.24, 2.45) is 0 Å². The van der Waals surface area contributed by atoms with Crippen molar-refractivity contribution in [2.75, 3.05) is 13.7 Å². The van der Waals surface area contributed by atoms with E-state index >= 15 is 0 Å². The molecule has 0 radical (unpaired) electrons. The molecule has 4 nitrogen and oxygen atoms in total. The molecule has 20 heavy (non-hydrogen) atoms. The molecule has 1 amide bonds. The van der Waals surface area contributed by atoms with Crippen LogP contribution in [0.2, 0.25) is 5.02 Å². The van der Waals surface area contributed by atoms with E-state index in [1.807, 2.05) is 24.3 Å². The van der Waals surface area contributed by atoms with Gasteiger partial charge in [-0.05, 0) is 23.8 Å². The van der Waals surface area contributed by atoms with Crippen LogP contribution in [-0.2, 0) is 16.0 Å². The molecule has 0 saturated heterocycles. The molecule has 106 valence electrons. The van der Waals surface area contributed by atoms with Gasteiger partial charge < -0.3 is 14.5 Å². The highest BCUT2D eigenvalue weighted by Gasteiger charge is 2.15. The fourth-order valence-corrected chi connectivity index (χ4v) is 2.06. The van der Waals surface area contributed by atoms with Gasteiger partial charge in [0.2, 0.25) is 5.91 Å². The van der Waals surface area contributed by atoms with Crippen molar-refractivity contribution in [2.45, 2.75) is 12.5 Å². The molecule has 0 saturated carbocycles. The number of halogens is 1. The second kappa shape index (κ2) is 7.12. The highest BCUT2D eigenvalue weighted by Crippen LogP contribution is 2.17. The van der Waals surface area contributed by atoms with Crippen LogP contribution < -0.4 is 5.32 Å². The quantitative estimate of drug-likeness (QED) is 0.891. The Bertz CT molecular complexity index is 554. The number of nitrogens with one attached hydrogen (secondary N) is 1. The van der Waals surface area contributed by atoms with Crippen LogP contribution in [0.1, 0.15) is 17.4 Å². The topological polar surface area (TPSA) is 51.5 Å². The predicted molar refractivity (Wildman–Crippen MR) is 76.6 cm³/mol. The van der Waals surface area contributed by atoms with Gasteiger partial charge in [-0.3, -0.25) is 4.79 Å². The first-order chi connectivity index (χ1) is 9.70. The standard InChI is InChI=1S/C15H16ClNO3/c1-19-14(13-7-4-8-20-13)10-17-15(18)9-11-5-2-3-6-12(11)16/h2-8,14H,9-10H2,1H3,(H,17,18). The Kier molecular flexibility index (Phi) is 5.21. The number of hydrogen-bond donors (Lipinski definition) is 1. The molecule has 1 N–H and O–H groups in total. The first-order valence-electron chi connectivity index (χ1n) is 6.27. The highest BCUT2D eigenvalue weighted by atomic mass is 35.5. The summed E-state index contributed by atoms with van der Waals surface area (Å²) in [6.45, 7) is 0.354. The van der Waals surface area contributed by atoms with E-state index in [0.29, 0.717) is 17.3 Å². The predicted octanol–water partition coefficient (Wildman–Crippen LogP) is 2.98. The molecular weight excluding hydrogens is 278 g/mol. The Hall–Kier alpha value is -1.78. The third kappa shape index (κ3) is 3.85. The van der Waals surface area contributed by atoms with Crippen molar-refractivity contribution in [1.82, 2.24) is 5.32 Å². The molecule has 1 aromatic carbocycles. The fourth-order valence-electron chi connectivity index (χ4n) is 1.86. The molecule has 2 aromatic rings. The average molecular weight is 294 g/mol. The van der Waals surface area contributed by atoms with Gasteiger partial charge in [-0.1, -0.05) is 29.8 Å². The largest absolute Gasteiger partial charge is 0.467 e. The van der Waals surface area contributed by atoms with Crippen molar-refractivity contribution >= 4 is 17.5 Å². The molecule has 1 unspecified atom stereocenters. The van der Waals surface area contributed by atoms with E-state index < -0.39 is 0 Å². The molecule has 0 aliphatic heterocycles. The SMILES string of the molecule is COC(CNC(=O)Cc1ccccc1Cl)c1ccco1. The van der Waals surface area contributed by atoms with Crippen LogP contribution in [0, 0.1) is 0 Å². The maximum atomic E-state index is 11.9. The van der Waals surface area contributed by atoms with Gasteiger partial charge in [0.25, 0.3) is 0 Å². The number of amides is 1.